The molecule has 0 radical (unpaired) electrons. The van der Waals surface area contributed by atoms with Gasteiger partial charge in [0.2, 0.25) is 5.88 Å². The van der Waals surface area contributed by atoms with Crippen molar-refractivity contribution >= 4 is 0 Å². The van der Waals surface area contributed by atoms with Crippen LogP contribution >= 0.6 is 0 Å². The highest BCUT2D eigenvalue weighted by Gasteiger charge is 1.99. The molecule has 0 saturated carbocycles. The molecular formula is C11H19N3O. The van der Waals surface area contributed by atoms with E-state index in [4.69, 9.17) is 4.74 Å². The molecule has 0 amide bonds. The number of hydrogen-bond acceptors (Lipinski definition) is 4. The molecule has 0 bridgehead atoms. The minimum Gasteiger partial charge on any atom is -0.476 e. The van der Waals surface area contributed by atoms with Crippen LogP contribution in [0.2, 0.25) is 0 Å². The van der Waals surface area contributed by atoms with Crippen LogP contribution in [0.3, 0.4) is 0 Å². The number of hydrogen-bond donors (Lipinski definition) is 0. The SMILES string of the molecule is CCCN(C)CCOc1cc(C)ncn1. The molecule has 84 valence electrons. The van der Waals surface area contributed by atoms with E-state index in [1.54, 1.807) is 0 Å². The van der Waals surface area contributed by atoms with Crippen LogP contribution in [-0.2, 0) is 0 Å². The summed E-state index contributed by atoms with van der Waals surface area (Å²) in [5.41, 5.74) is 0.932. The first-order valence-electron chi connectivity index (χ1n) is 5.32. The molecule has 1 aromatic heterocycles. The van der Waals surface area contributed by atoms with E-state index in [2.05, 4.69) is 28.8 Å². The van der Waals surface area contributed by atoms with Crippen LogP contribution in [0.5, 0.6) is 5.88 Å². The fourth-order valence-electron chi connectivity index (χ4n) is 1.31. The molecule has 0 aliphatic carbocycles. The number of nitrogens with zero attached hydrogens (tertiary/aromatic N) is 3. The normalized spacial score (nSPS) is 10.7. The fraction of sp³-hybridized carbons (Fsp3) is 0.636. The maximum atomic E-state index is 5.51. The zero-order valence-electron chi connectivity index (χ0n) is 9.73. The zero-order chi connectivity index (χ0) is 11.1. The van der Waals surface area contributed by atoms with Crippen molar-refractivity contribution in [3.8, 4) is 5.88 Å². The Morgan fingerprint density at radius 1 is 1.33 bits per heavy atom. The van der Waals surface area contributed by atoms with Crippen molar-refractivity contribution in [2.45, 2.75) is 20.3 Å². The van der Waals surface area contributed by atoms with E-state index in [1.165, 1.54) is 12.7 Å². The first kappa shape index (κ1) is 11.9. The summed E-state index contributed by atoms with van der Waals surface area (Å²) in [5.74, 6) is 0.660. The van der Waals surface area contributed by atoms with Crippen LogP contribution in [0.25, 0.3) is 0 Å². The Kier molecular flexibility index (Phi) is 5.04. The van der Waals surface area contributed by atoms with E-state index < -0.39 is 0 Å². The van der Waals surface area contributed by atoms with Gasteiger partial charge in [-0.3, -0.25) is 0 Å². The molecule has 0 unspecified atom stereocenters. The summed E-state index contributed by atoms with van der Waals surface area (Å²) in [6, 6.07) is 1.85. The Labute approximate surface area is 91.3 Å². The highest BCUT2D eigenvalue weighted by atomic mass is 16.5. The lowest BCUT2D eigenvalue weighted by Crippen LogP contribution is -2.25. The topological polar surface area (TPSA) is 38.2 Å². The predicted octanol–water partition coefficient (Wildman–Crippen LogP) is 1.51. The quantitative estimate of drug-likeness (QED) is 0.711. The van der Waals surface area contributed by atoms with Gasteiger partial charge in [-0.25, -0.2) is 9.97 Å². The average Bonchev–Trinajstić information content (AvgIpc) is 2.18. The second kappa shape index (κ2) is 6.35. The Morgan fingerprint density at radius 3 is 2.80 bits per heavy atom. The molecular weight excluding hydrogens is 190 g/mol. The molecule has 0 spiro atoms. The Bertz CT molecular complexity index is 291. The van der Waals surface area contributed by atoms with Crippen LogP contribution in [0, 0.1) is 6.92 Å². The van der Waals surface area contributed by atoms with Crippen LogP contribution in [0.4, 0.5) is 0 Å². The molecule has 1 rings (SSSR count). The summed E-state index contributed by atoms with van der Waals surface area (Å²) >= 11 is 0. The second-order valence-corrected chi connectivity index (χ2v) is 3.65. The van der Waals surface area contributed by atoms with E-state index in [9.17, 15) is 0 Å². The summed E-state index contributed by atoms with van der Waals surface area (Å²) < 4.78 is 5.51. The third-order valence-corrected chi connectivity index (χ3v) is 2.11. The second-order valence-electron chi connectivity index (χ2n) is 3.65. The van der Waals surface area contributed by atoms with E-state index >= 15 is 0 Å². The maximum Gasteiger partial charge on any atom is 0.216 e. The summed E-state index contributed by atoms with van der Waals surface area (Å²) in [6.07, 6.45) is 2.70. The monoisotopic (exact) mass is 209 g/mol. The highest BCUT2D eigenvalue weighted by Crippen LogP contribution is 2.05. The van der Waals surface area contributed by atoms with Crippen molar-refractivity contribution in [2.24, 2.45) is 0 Å². The van der Waals surface area contributed by atoms with Crippen LogP contribution in [0.15, 0.2) is 12.4 Å². The molecule has 0 aliphatic rings. The number of aryl methyl sites for hydroxylation is 1. The van der Waals surface area contributed by atoms with Gasteiger partial charge in [-0.1, -0.05) is 6.92 Å². The first-order valence-corrected chi connectivity index (χ1v) is 5.32. The van der Waals surface area contributed by atoms with Crippen LogP contribution in [0.1, 0.15) is 19.0 Å². The van der Waals surface area contributed by atoms with Crippen molar-refractivity contribution in [3.63, 3.8) is 0 Å². The smallest absolute Gasteiger partial charge is 0.216 e. The minimum absolute atomic E-state index is 0.660. The summed E-state index contributed by atoms with van der Waals surface area (Å²) in [7, 11) is 2.10. The van der Waals surface area contributed by atoms with Crippen LogP contribution < -0.4 is 4.74 Å². The predicted molar refractivity (Wildman–Crippen MR) is 60.1 cm³/mol. The molecule has 0 N–H and O–H groups in total. The number of likely N-dealkylation sites (N-methyl/N-ethyl adjacent to an activating group) is 1. The molecule has 1 aromatic rings. The molecule has 4 nitrogen and oxygen atoms in total. The summed E-state index contributed by atoms with van der Waals surface area (Å²) in [5, 5.41) is 0. The zero-order valence-corrected chi connectivity index (χ0v) is 9.73. The van der Waals surface area contributed by atoms with Crippen molar-refractivity contribution in [1.29, 1.82) is 0 Å². The summed E-state index contributed by atoms with van der Waals surface area (Å²) in [4.78, 5) is 10.3. The fourth-order valence-corrected chi connectivity index (χ4v) is 1.31. The van der Waals surface area contributed by atoms with Gasteiger partial charge in [-0.05, 0) is 26.9 Å². The first-order chi connectivity index (χ1) is 7.22. The molecule has 15 heavy (non-hydrogen) atoms. The molecule has 0 aromatic carbocycles. The van der Waals surface area contributed by atoms with E-state index in [1.807, 2.05) is 13.0 Å². The Morgan fingerprint density at radius 2 is 2.13 bits per heavy atom. The van der Waals surface area contributed by atoms with Crippen molar-refractivity contribution in [1.82, 2.24) is 14.9 Å². The minimum atomic E-state index is 0.660. The molecule has 0 saturated heterocycles. The lowest BCUT2D eigenvalue weighted by atomic mass is 10.4. The lowest BCUT2D eigenvalue weighted by molar-refractivity contribution is 0.231. The summed E-state index contributed by atoms with van der Waals surface area (Å²) in [6.45, 7) is 6.80. The largest absolute Gasteiger partial charge is 0.476 e. The van der Waals surface area contributed by atoms with Gasteiger partial charge in [0, 0.05) is 18.3 Å². The Balaban J connectivity index is 2.25. The van der Waals surface area contributed by atoms with Gasteiger partial charge in [-0.2, -0.15) is 0 Å². The van der Waals surface area contributed by atoms with Gasteiger partial charge in [0.25, 0.3) is 0 Å². The molecule has 1 heterocycles. The number of ether oxygens (including phenoxy) is 1. The third-order valence-electron chi connectivity index (χ3n) is 2.11. The van der Waals surface area contributed by atoms with Gasteiger partial charge in [0.05, 0.1) is 0 Å². The molecule has 0 fully saturated rings. The number of aromatic nitrogens is 2. The lowest BCUT2D eigenvalue weighted by Gasteiger charge is -2.15. The van der Waals surface area contributed by atoms with E-state index in [-0.39, 0.29) is 0 Å². The molecule has 4 heteroatoms. The molecule has 0 aliphatic heterocycles. The van der Waals surface area contributed by atoms with Crippen LogP contribution in [-0.4, -0.2) is 41.6 Å². The molecule has 0 atom stereocenters. The van der Waals surface area contributed by atoms with Gasteiger partial charge < -0.3 is 9.64 Å². The number of rotatable bonds is 6. The average molecular weight is 209 g/mol. The third kappa shape index (κ3) is 4.74. The Hall–Kier alpha value is -1.16. The van der Waals surface area contributed by atoms with Gasteiger partial charge in [-0.15, -0.1) is 0 Å². The van der Waals surface area contributed by atoms with Gasteiger partial charge in [0.1, 0.15) is 12.9 Å². The van der Waals surface area contributed by atoms with Crippen molar-refractivity contribution in [2.75, 3.05) is 26.7 Å². The maximum absolute atomic E-state index is 5.51. The van der Waals surface area contributed by atoms with Gasteiger partial charge >= 0.3 is 0 Å². The van der Waals surface area contributed by atoms with E-state index in [0.29, 0.717) is 12.5 Å². The van der Waals surface area contributed by atoms with Crippen molar-refractivity contribution in [3.05, 3.63) is 18.1 Å². The highest BCUT2D eigenvalue weighted by molar-refractivity contribution is 5.11. The van der Waals surface area contributed by atoms with Crippen molar-refractivity contribution < 1.29 is 4.74 Å². The standard InChI is InChI=1S/C11H19N3O/c1-4-5-14(3)6-7-15-11-8-10(2)12-9-13-11/h8-9H,4-7H2,1-3H3. The van der Waals surface area contributed by atoms with E-state index in [0.717, 1.165) is 18.8 Å². The van der Waals surface area contributed by atoms with Gasteiger partial charge in [0.15, 0.2) is 0 Å².